The maximum absolute atomic E-state index is 12.9. The van der Waals surface area contributed by atoms with Gasteiger partial charge in [-0.15, -0.1) is 0 Å². The van der Waals surface area contributed by atoms with Crippen molar-refractivity contribution in [3.05, 3.63) is 54.1 Å². The number of ether oxygens (including phenoxy) is 1. The number of imide groups is 1. The first-order chi connectivity index (χ1) is 11.7. The van der Waals surface area contributed by atoms with Crippen LogP contribution in [0.15, 0.2) is 48.5 Å². The normalized spacial score (nSPS) is 19.8. The topological polar surface area (TPSA) is 49.9 Å². The molecule has 4 rings (SSSR count). The van der Waals surface area contributed by atoms with Gasteiger partial charge in [0.2, 0.25) is 5.91 Å². The Labute approximate surface area is 140 Å². The molecule has 1 fully saturated rings. The molecular formula is C19H18N2O3. The minimum Gasteiger partial charge on any atom is -0.497 e. The lowest BCUT2D eigenvalue weighted by atomic mass is 10.1. The van der Waals surface area contributed by atoms with E-state index in [1.54, 1.807) is 31.4 Å². The molecule has 2 heterocycles. The Morgan fingerprint density at radius 1 is 1.04 bits per heavy atom. The summed E-state index contributed by atoms with van der Waals surface area (Å²) in [6.07, 6.45) is 1.13. The number of fused-ring (bicyclic) bond motifs is 1. The molecule has 0 bridgehead atoms. The van der Waals surface area contributed by atoms with Crippen LogP contribution in [0, 0.1) is 0 Å². The second-order valence-electron chi connectivity index (χ2n) is 6.06. The SMILES string of the molecule is COc1ccc(N2C(=O)CC(N3CCc4ccccc43)C2=O)cc1. The number of anilines is 2. The molecule has 5 nitrogen and oxygen atoms in total. The largest absolute Gasteiger partial charge is 0.497 e. The van der Waals surface area contributed by atoms with Gasteiger partial charge < -0.3 is 9.64 Å². The molecule has 122 valence electrons. The molecule has 0 aliphatic carbocycles. The molecule has 0 radical (unpaired) electrons. The second-order valence-corrected chi connectivity index (χ2v) is 6.06. The number of hydrogen-bond acceptors (Lipinski definition) is 4. The monoisotopic (exact) mass is 322 g/mol. The van der Waals surface area contributed by atoms with E-state index in [0.29, 0.717) is 11.4 Å². The van der Waals surface area contributed by atoms with Gasteiger partial charge in [0, 0.05) is 12.2 Å². The summed E-state index contributed by atoms with van der Waals surface area (Å²) in [7, 11) is 1.59. The predicted molar refractivity (Wildman–Crippen MR) is 91.4 cm³/mol. The summed E-state index contributed by atoms with van der Waals surface area (Å²) >= 11 is 0. The lowest BCUT2D eigenvalue weighted by Crippen LogP contribution is -2.41. The third kappa shape index (κ3) is 2.24. The molecule has 2 aromatic rings. The molecule has 5 heteroatoms. The minimum atomic E-state index is -0.414. The van der Waals surface area contributed by atoms with E-state index in [1.807, 2.05) is 18.2 Å². The maximum Gasteiger partial charge on any atom is 0.256 e. The van der Waals surface area contributed by atoms with E-state index in [1.165, 1.54) is 10.5 Å². The van der Waals surface area contributed by atoms with Crippen molar-refractivity contribution in [1.29, 1.82) is 0 Å². The van der Waals surface area contributed by atoms with Crippen molar-refractivity contribution in [3.63, 3.8) is 0 Å². The van der Waals surface area contributed by atoms with Crippen LogP contribution >= 0.6 is 0 Å². The molecule has 1 unspecified atom stereocenters. The van der Waals surface area contributed by atoms with Crippen molar-refractivity contribution in [1.82, 2.24) is 0 Å². The summed E-state index contributed by atoms with van der Waals surface area (Å²) in [5.41, 5.74) is 2.90. The summed E-state index contributed by atoms with van der Waals surface area (Å²) in [5.74, 6) is 0.393. The van der Waals surface area contributed by atoms with E-state index >= 15 is 0 Å². The van der Waals surface area contributed by atoms with Crippen molar-refractivity contribution in [2.24, 2.45) is 0 Å². The molecule has 1 atom stereocenters. The zero-order valence-corrected chi connectivity index (χ0v) is 13.4. The van der Waals surface area contributed by atoms with Crippen molar-refractivity contribution >= 4 is 23.2 Å². The number of nitrogens with zero attached hydrogens (tertiary/aromatic N) is 2. The van der Waals surface area contributed by atoms with E-state index in [2.05, 4.69) is 11.0 Å². The van der Waals surface area contributed by atoms with Gasteiger partial charge in [-0.1, -0.05) is 18.2 Å². The Morgan fingerprint density at radius 3 is 2.54 bits per heavy atom. The highest BCUT2D eigenvalue weighted by Gasteiger charge is 2.44. The number of rotatable bonds is 3. The average molecular weight is 322 g/mol. The number of carbonyl (C=O) groups is 2. The van der Waals surface area contributed by atoms with E-state index in [4.69, 9.17) is 4.74 Å². The van der Waals surface area contributed by atoms with Gasteiger partial charge in [-0.3, -0.25) is 9.59 Å². The first-order valence-corrected chi connectivity index (χ1v) is 8.04. The standard InChI is InChI=1S/C19H18N2O3/c1-24-15-8-6-14(7-9-15)21-18(22)12-17(19(21)23)20-11-10-13-4-2-3-5-16(13)20/h2-9,17H,10-12H2,1H3. The van der Waals surface area contributed by atoms with E-state index in [-0.39, 0.29) is 18.2 Å². The fourth-order valence-corrected chi connectivity index (χ4v) is 3.55. The predicted octanol–water partition coefficient (Wildman–Crippen LogP) is 2.39. The average Bonchev–Trinajstić information content (AvgIpc) is 3.16. The number of methoxy groups -OCH3 is 1. The highest BCUT2D eigenvalue weighted by Crippen LogP contribution is 2.34. The van der Waals surface area contributed by atoms with E-state index < -0.39 is 6.04 Å². The van der Waals surface area contributed by atoms with Crippen molar-refractivity contribution in [3.8, 4) is 5.75 Å². The third-order valence-electron chi connectivity index (χ3n) is 4.75. The van der Waals surface area contributed by atoms with Gasteiger partial charge in [0.05, 0.1) is 19.2 Å². The van der Waals surface area contributed by atoms with Crippen LogP contribution in [0.25, 0.3) is 0 Å². The molecule has 2 aromatic carbocycles. The van der Waals surface area contributed by atoms with Gasteiger partial charge in [-0.25, -0.2) is 4.90 Å². The van der Waals surface area contributed by atoms with Gasteiger partial charge in [0.15, 0.2) is 0 Å². The Hall–Kier alpha value is -2.82. The molecule has 0 N–H and O–H groups in total. The second kappa shape index (κ2) is 5.67. The fraction of sp³-hybridized carbons (Fsp3) is 0.263. The Morgan fingerprint density at radius 2 is 1.79 bits per heavy atom. The number of benzene rings is 2. The number of amides is 2. The molecule has 0 spiro atoms. The lowest BCUT2D eigenvalue weighted by molar-refractivity contribution is -0.121. The van der Waals surface area contributed by atoms with Crippen molar-refractivity contribution < 1.29 is 14.3 Å². The molecule has 2 aliphatic heterocycles. The molecule has 0 aromatic heterocycles. The van der Waals surface area contributed by atoms with Gasteiger partial charge in [-0.2, -0.15) is 0 Å². The van der Waals surface area contributed by atoms with Crippen LogP contribution in [0.3, 0.4) is 0 Å². The zero-order chi connectivity index (χ0) is 16.7. The van der Waals surface area contributed by atoms with Gasteiger partial charge in [0.1, 0.15) is 11.8 Å². The van der Waals surface area contributed by atoms with Crippen molar-refractivity contribution in [2.75, 3.05) is 23.5 Å². The Balaban J connectivity index is 1.62. The maximum atomic E-state index is 12.9. The first kappa shape index (κ1) is 14.8. The van der Waals surface area contributed by atoms with Crippen LogP contribution in [0.4, 0.5) is 11.4 Å². The lowest BCUT2D eigenvalue weighted by Gasteiger charge is -2.25. The fourth-order valence-electron chi connectivity index (χ4n) is 3.55. The van der Waals surface area contributed by atoms with Gasteiger partial charge >= 0.3 is 0 Å². The first-order valence-electron chi connectivity index (χ1n) is 8.04. The number of carbonyl (C=O) groups excluding carboxylic acids is 2. The summed E-state index contributed by atoms with van der Waals surface area (Å²) in [6.45, 7) is 0.777. The summed E-state index contributed by atoms with van der Waals surface area (Å²) in [4.78, 5) is 28.7. The number of hydrogen-bond donors (Lipinski definition) is 0. The highest BCUT2D eigenvalue weighted by molar-refractivity contribution is 6.23. The van der Waals surface area contributed by atoms with Crippen LogP contribution in [-0.2, 0) is 16.0 Å². The van der Waals surface area contributed by atoms with Crippen LogP contribution < -0.4 is 14.5 Å². The van der Waals surface area contributed by atoms with Gasteiger partial charge in [0.25, 0.3) is 5.91 Å². The minimum absolute atomic E-state index is 0.151. The molecular weight excluding hydrogens is 304 g/mol. The number of para-hydroxylation sites is 1. The highest BCUT2D eigenvalue weighted by atomic mass is 16.5. The van der Waals surface area contributed by atoms with E-state index in [0.717, 1.165) is 18.7 Å². The molecule has 2 amide bonds. The van der Waals surface area contributed by atoms with Crippen LogP contribution in [-0.4, -0.2) is 31.5 Å². The van der Waals surface area contributed by atoms with Crippen LogP contribution in [0.1, 0.15) is 12.0 Å². The summed E-state index contributed by atoms with van der Waals surface area (Å²) in [5, 5.41) is 0. The molecule has 1 saturated heterocycles. The van der Waals surface area contributed by atoms with Crippen LogP contribution in [0.2, 0.25) is 0 Å². The van der Waals surface area contributed by atoms with E-state index in [9.17, 15) is 9.59 Å². The third-order valence-corrected chi connectivity index (χ3v) is 4.75. The quantitative estimate of drug-likeness (QED) is 0.814. The van der Waals surface area contributed by atoms with Crippen molar-refractivity contribution in [2.45, 2.75) is 18.9 Å². The zero-order valence-electron chi connectivity index (χ0n) is 13.4. The molecule has 0 saturated carbocycles. The molecule has 2 aliphatic rings. The Kier molecular flexibility index (Phi) is 3.49. The van der Waals surface area contributed by atoms with Gasteiger partial charge in [-0.05, 0) is 42.3 Å². The smallest absolute Gasteiger partial charge is 0.256 e. The summed E-state index contributed by atoms with van der Waals surface area (Å²) in [6, 6.07) is 14.7. The molecule has 24 heavy (non-hydrogen) atoms. The Bertz CT molecular complexity index is 801. The summed E-state index contributed by atoms with van der Waals surface area (Å²) < 4.78 is 5.13. The van der Waals surface area contributed by atoms with Crippen LogP contribution in [0.5, 0.6) is 5.75 Å².